The Morgan fingerprint density at radius 2 is 1.93 bits per heavy atom. The molecule has 0 saturated carbocycles. The molecule has 1 atom stereocenters. The number of anilines is 1. The van der Waals surface area contributed by atoms with Crippen molar-refractivity contribution in [2.45, 2.75) is 19.6 Å². The predicted octanol–water partition coefficient (Wildman–Crippen LogP) is 4.02. The van der Waals surface area contributed by atoms with Crippen LogP contribution in [0.4, 0.5) is 5.82 Å². The van der Waals surface area contributed by atoms with E-state index >= 15 is 0 Å². The van der Waals surface area contributed by atoms with Crippen molar-refractivity contribution in [3.8, 4) is 17.0 Å². The minimum absolute atomic E-state index is 0.127. The third-order valence-corrected chi connectivity index (χ3v) is 4.93. The molecule has 1 heterocycles. The summed E-state index contributed by atoms with van der Waals surface area (Å²) in [7, 11) is 1.56. The van der Waals surface area contributed by atoms with Crippen LogP contribution in [-0.2, 0) is 6.54 Å². The first-order valence-electron chi connectivity index (χ1n) is 8.80. The molecule has 0 spiro atoms. The van der Waals surface area contributed by atoms with Crippen LogP contribution >= 0.6 is 11.6 Å². The van der Waals surface area contributed by atoms with Gasteiger partial charge in [-0.1, -0.05) is 41.9 Å². The molecule has 1 aliphatic carbocycles. The number of hydrogen-bond donors (Lipinski definition) is 2. The lowest BCUT2D eigenvalue weighted by Gasteiger charge is -2.13. The van der Waals surface area contributed by atoms with E-state index in [4.69, 9.17) is 16.3 Å². The summed E-state index contributed by atoms with van der Waals surface area (Å²) < 4.78 is 5.17. The molecule has 1 aromatic heterocycles. The Kier molecular flexibility index (Phi) is 4.75. The number of nitrogens with zero attached hydrogens (tertiary/aromatic N) is 2. The molecule has 3 aromatic rings. The van der Waals surface area contributed by atoms with Gasteiger partial charge in [-0.2, -0.15) is 0 Å². The molecule has 0 fully saturated rings. The Bertz CT molecular complexity index is 1080. The summed E-state index contributed by atoms with van der Waals surface area (Å²) in [6.07, 6.45) is -0.857. The first kappa shape index (κ1) is 18.4. The number of aromatic nitrogens is 2. The molecule has 0 radical (unpaired) electrons. The maximum absolute atomic E-state index is 12.9. The van der Waals surface area contributed by atoms with Crippen LogP contribution in [0.25, 0.3) is 11.3 Å². The van der Waals surface area contributed by atoms with Crippen LogP contribution in [0.5, 0.6) is 5.75 Å². The zero-order chi connectivity index (χ0) is 19.8. The summed E-state index contributed by atoms with van der Waals surface area (Å²) in [6, 6.07) is 12.8. The van der Waals surface area contributed by atoms with Gasteiger partial charge in [-0.15, -0.1) is 0 Å². The Balaban J connectivity index is 1.73. The van der Waals surface area contributed by atoms with Gasteiger partial charge in [0.25, 0.3) is 0 Å². The Morgan fingerprint density at radius 1 is 1.18 bits per heavy atom. The number of carbonyl (C=O) groups excluding carboxylic acids is 1. The minimum atomic E-state index is -0.857. The van der Waals surface area contributed by atoms with E-state index in [1.54, 1.807) is 32.2 Å². The molecule has 6 nitrogen and oxygen atoms in total. The molecule has 28 heavy (non-hydrogen) atoms. The number of rotatable bonds is 5. The Morgan fingerprint density at radius 3 is 2.61 bits per heavy atom. The van der Waals surface area contributed by atoms with Gasteiger partial charge >= 0.3 is 0 Å². The van der Waals surface area contributed by atoms with Crippen molar-refractivity contribution in [3.05, 3.63) is 70.0 Å². The van der Waals surface area contributed by atoms with Crippen molar-refractivity contribution in [1.82, 2.24) is 9.97 Å². The molecule has 1 unspecified atom stereocenters. The quantitative estimate of drug-likeness (QED) is 0.531. The lowest BCUT2D eigenvalue weighted by atomic mass is 10.1. The standard InChI is InChI=1S/C21H18ClN3O3/c1-11(26)20-24-18-13-5-3-4-6-14(13)19(27)17(18)21(25-20)23-10-12-7-8-16(28-2)15(22)9-12/h3-9,11,26H,10H2,1-2H3,(H,23,24,25). The molecule has 142 valence electrons. The van der Waals surface area contributed by atoms with E-state index in [-0.39, 0.29) is 11.6 Å². The zero-order valence-electron chi connectivity index (χ0n) is 15.4. The average Bonchev–Trinajstić information content (AvgIpc) is 2.99. The second-order valence-corrected chi connectivity index (χ2v) is 6.93. The fourth-order valence-corrected chi connectivity index (χ4v) is 3.51. The van der Waals surface area contributed by atoms with Crippen LogP contribution in [0.1, 0.15) is 40.3 Å². The van der Waals surface area contributed by atoms with Crippen molar-refractivity contribution in [2.75, 3.05) is 12.4 Å². The monoisotopic (exact) mass is 395 g/mol. The molecular weight excluding hydrogens is 378 g/mol. The highest BCUT2D eigenvalue weighted by Gasteiger charge is 2.32. The number of aliphatic hydroxyl groups excluding tert-OH is 1. The maximum Gasteiger partial charge on any atom is 0.199 e. The molecule has 0 aliphatic heterocycles. The highest BCUT2D eigenvalue weighted by atomic mass is 35.5. The van der Waals surface area contributed by atoms with Crippen molar-refractivity contribution in [1.29, 1.82) is 0 Å². The van der Waals surface area contributed by atoms with Crippen LogP contribution in [-0.4, -0.2) is 28.0 Å². The predicted molar refractivity (Wildman–Crippen MR) is 107 cm³/mol. The van der Waals surface area contributed by atoms with Crippen LogP contribution in [0, 0.1) is 0 Å². The maximum atomic E-state index is 12.9. The van der Waals surface area contributed by atoms with Gasteiger partial charge in [0.1, 0.15) is 17.7 Å². The number of carbonyl (C=O) groups is 1. The highest BCUT2D eigenvalue weighted by Crippen LogP contribution is 2.39. The summed E-state index contributed by atoms with van der Waals surface area (Å²) >= 11 is 6.19. The normalized spacial score (nSPS) is 13.1. The van der Waals surface area contributed by atoms with Crippen molar-refractivity contribution in [2.24, 2.45) is 0 Å². The van der Waals surface area contributed by atoms with Gasteiger partial charge in [0, 0.05) is 17.7 Å². The van der Waals surface area contributed by atoms with Crippen molar-refractivity contribution >= 4 is 23.2 Å². The van der Waals surface area contributed by atoms with Crippen molar-refractivity contribution in [3.63, 3.8) is 0 Å². The molecular formula is C21H18ClN3O3. The van der Waals surface area contributed by atoms with Crippen molar-refractivity contribution < 1.29 is 14.6 Å². The number of halogens is 1. The first-order chi connectivity index (χ1) is 13.5. The second-order valence-electron chi connectivity index (χ2n) is 6.53. The minimum Gasteiger partial charge on any atom is -0.495 e. The molecule has 0 saturated heterocycles. The number of nitrogens with one attached hydrogen (secondary N) is 1. The summed E-state index contributed by atoms with van der Waals surface area (Å²) in [5, 5.41) is 13.7. The van der Waals surface area contributed by atoms with Gasteiger partial charge in [0.2, 0.25) is 0 Å². The summed E-state index contributed by atoms with van der Waals surface area (Å²) in [5.41, 5.74) is 3.21. The number of aliphatic hydroxyl groups is 1. The molecule has 2 aromatic carbocycles. The SMILES string of the molecule is COc1ccc(CNc2nc(C(C)O)nc3c2C(=O)c2ccccc2-3)cc1Cl. The molecule has 2 N–H and O–H groups in total. The highest BCUT2D eigenvalue weighted by molar-refractivity contribution is 6.32. The molecule has 0 amide bonds. The Labute approximate surface area is 167 Å². The number of benzene rings is 2. The average molecular weight is 396 g/mol. The van der Waals surface area contributed by atoms with Crippen LogP contribution < -0.4 is 10.1 Å². The number of hydrogen-bond acceptors (Lipinski definition) is 6. The topological polar surface area (TPSA) is 84.3 Å². The number of ether oxygens (including phenoxy) is 1. The summed E-state index contributed by atoms with van der Waals surface area (Å²) in [6.45, 7) is 1.99. The van der Waals surface area contributed by atoms with E-state index in [1.165, 1.54) is 0 Å². The first-order valence-corrected chi connectivity index (χ1v) is 9.17. The summed E-state index contributed by atoms with van der Waals surface area (Å²) in [4.78, 5) is 21.8. The van der Waals surface area contributed by atoms with E-state index in [9.17, 15) is 9.90 Å². The van der Waals surface area contributed by atoms with Crippen LogP contribution in [0.3, 0.4) is 0 Å². The lowest BCUT2D eigenvalue weighted by Crippen LogP contribution is -2.12. The van der Waals surface area contributed by atoms with E-state index in [0.717, 1.165) is 11.1 Å². The van der Waals surface area contributed by atoms with Gasteiger partial charge in [-0.25, -0.2) is 9.97 Å². The van der Waals surface area contributed by atoms with E-state index < -0.39 is 6.10 Å². The Hall–Kier alpha value is -2.96. The fraction of sp³-hybridized carbons (Fsp3) is 0.190. The smallest absolute Gasteiger partial charge is 0.199 e. The molecule has 1 aliphatic rings. The van der Waals surface area contributed by atoms with E-state index in [0.29, 0.717) is 40.0 Å². The largest absolute Gasteiger partial charge is 0.495 e. The molecule has 4 rings (SSSR count). The van der Waals surface area contributed by atoms with Gasteiger partial charge in [0.15, 0.2) is 11.6 Å². The van der Waals surface area contributed by atoms with Gasteiger partial charge in [0.05, 0.1) is 23.4 Å². The van der Waals surface area contributed by atoms with Crippen LogP contribution in [0.15, 0.2) is 42.5 Å². The zero-order valence-corrected chi connectivity index (χ0v) is 16.1. The fourth-order valence-electron chi connectivity index (χ4n) is 3.23. The number of ketones is 1. The third-order valence-electron chi connectivity index (χ3n) is 4.63. The van der Waals surface area contributed by atoms with E-state index in [2.05, 4.69) is 15.3 Å². The van der Waals surface area contributed by atoms with Gasteiger partial charge in [-0.3, -0.25) is 4.79 Å². The summed E-state index contributed by atoms with van der Waals surface area (Å²) in [5.74, 6) is 1.13. The van der Waals surface area contributed by atoms with E-state index in [1.807, 2.05) is 24.3 Å². The number of fused-ring (bicyclic) bond motifs is 3. The van der Waals surface area contributed by atoms with Gasteiger partial charge in [-0.05, 0) is 24.6 Å². The molecule has 0 bridgehead atoms. The number of methoxy groups -OCH3 is 1. The lowest BCUT2D eigenvalue weighted by molar-refractivity contribution is 0.104. The molecule has 7 heteroatoms. The van der Waals surface area contributed by atoms with Gasteiger partial charge < -0.3 is 15.2 Å². The van der Waals surface area contributed by atoms with Crippen LogP contribution in [0.2, 0.25) is 5.02 Å². The third kappa shape index (κ3) is 3.10. The second kappa shape index (κ2) is 7.22.